The number of hydrogen-bond acceptors (Lipinski definition) is 8. The van der Waals surface area contributed by atoms with Crippen LogP contribution in [0.1, 0.15) is 322 Å². The summed E-state index contributed by atoms with van der Waals surface area (Å²) in [5, 5.41) is 0. The van der Waals surface area contributed by atoms with Crippen molar-refractivity contribution in [1.29, 1.82) is 0 Å². The van der Waals surface area contributed by atoms with Gasteiger partial charge in [0.2, 0.25) is 0 Å². The van der Waals surface area contributed by atoms with Crippen LogP contribution in [-0.4, -0.2) is 70.0 Å². The molecule has 0 heterocycles. The topological polar surface area (TPSA) is 111 Å². The Balaban J connectivity index is 3.86. The van der Waals surface area contributed by atoms with Gasteiger partial charge in [-0.15, -0.1) is 0 Å². The first-order valence-corrected chi connectivity index (χ1v) is 34.2. The molecule has 2 unspecified atom stereocenters. The average molecular weight is 1090 g/mol. The van der Waals surface area contributed by atoms with Gasteiger partial charge >= 0.3 is 11.9 Å². The van der Waals surface area contributed by atoms with Crippen LogP contribution in [0.5, 0.6) is 0 Å². The minimum atomic E-state index is -4.63. The molecule has 76 heavy (non-hydrogen) atoms. The largest absolute Gasteiger partial charge is 0.756 e. The van der Waals surface area contributed by atoms with E-state index in [1.807, 2.05) is 21.1 Å². The lowest BCUT2D eigenvalue weighted by atomic mass is 10.0. The molecule has 0 aliphatic rings. The summed E-state index contributed by atoms with van der Waals surface area (Å²) in [4.78, 5) is 37.8. The van der Waals surface area contributed by atoms with Crippen LogP contribution >= 0.6 is 7.82 Å². The molecule has 9 nitrogen and oxygen atoms in total. The summed E-state index contributed by atoms with van der Waals surface area (Å²) < 4.78 is 34.1. The normalized spacial score (nSPS) is 13.4. The minimum Gasteiger partial charge on any atom is -0.756 e. The van der Waals surface area contributed by atoms with Crippen LogP contribution in [0, 0.1) is 0 Å². The molecule has 0 bridgehead atoms. The van der Waals surface area contributed by atoms with Crippen LogP contribution in [0.3, 0.4) is 0 Å². The summed E-state index contributed by atoms with van der Waals surface area (Å²) in [5.74, 6) is -0.829. The summed E-state index contributed by atoms with van der Waals surface area (Å²) in [6.45, 7) is 4.24. The smallest absolute Gasteiger partial charge is 0.306 e. The van der Waals surface area contributed by atoms with Gasteiger partial charge in [-0.2, -0.15) is 0 Å². The summed E-state index contributed by atoms with van der Waals surface area (Å²) in [6.07, 6.45) is 72.4. The maximum Gasteiger partial charge on any atom is 0.306 e. The van der Waals surface area contributed by atoms with E-state index in [1.165, 1.54) is 231 Å². The van der Waals surface area contributed by atoms with E-state index in [2.05, 4.69) is 50.3 Å². The van der Waals surface area contributed by atoms with E-state index in [4.69, 9.17) is 18.5 Å². The number of nitrogens with zero attached hydrogens (tertiary/aromatic N) is 1. The van der Waals surface area contributed by atoms with Crippen molar-refractivity contribution in [3.05, 3.63) is 36.5 Å². The zero-order valence-electron chi connectivity index (χ0n) is 51.0. The highest BCUT2D eigenvalue weighted by molar-refractivity contribution is 7.45. The Bertz CT molecular complexity index is 1380. The van der Waals surface area contributed by atoms with Crippen molar-refractivity contribution < 1.29 is 42.1 Å². The van der Waals surface area contributed by atoms with Crippen molar-refractivity contribution in [1.82, 2.24) is 0 Å². The van der Waals surface area contributed by atoms with E-state index in [9.17, 15) is 19.0 Å². The highest BCUT2D eigenvalue weighted by Crippen LogP contribution is 2.38. The SMILES string of the molecule is CCCCCC/C=C\CCCCCCCC(=O)OCC(COP(=O)([O-])OCC[N+](C)(C)C)OC(=O)CCCCCCCCCCCCCCCCCCCCCCCCCCCCC/C=C\C/C=C\CCCCCCC. The molecule has 0 fully saturated rings. The predicted molar refractivity (Wildman–Crippen MR) is 324 cm³/mol. The molecule has 0 rings (SSSR count). The van der Waals surface area contributed by atoms with Crippen LogP contribution in [0.25, 0.3) is 0 Å². The van der Waals surface area contributed by atoms with Gasteiger partial charge in [-0.1, -0.05) is 275 Å². The lowest BCUT2D eigenvalue weighted by molar-refractivity contribution is -0.870. The average Bonchev–Trinajstić information content (AvgIpc) is 3.38. The summed E-state index contributed by atoms with van der Waals surface area (Å²) in [6, 6.07) is 0. The molecule has 0 N–H and O–H groups in total. The number of unbranched alkanes of at least 4 members (excludes halogenated alkanes) is 41. The zero-order valence-corrected chi connectivity index (χ0v) is 51.9. The number of hydrogen-bond donors (Lipinski definition) is 0. The van der Waals surface area contributed by atoms with Gasteiger partial charge < -0.3 is 27.9 Å². The van der Waals surface area contributed by atoms with E-state index in [-0.39, 0.29) is 32.0 Å². The second kappa shape index (κ2) is 57.9. The number of allylic oxidation sites excluding steroid dienone is 6. The van der Waals surface area contributed by atoms with Crippen molar-refractivity contribution in [3.8, 4) is 0 Å². The van der Waals surface area contributed by atoms with Gasteiger partial charge in [-0.05, 0) is 70.6 Å². The number of rotatable bonds is 61. The van der Waals surface area contributed by atoms with Gasteiger partial charge in [0.1, 0.15) is 19.8 Å². The van der Waals surface area contributed by atoms with Gasteiger partial charge in [0, 0.05) is 12.8 Å². The predicted octanol–water partition coefficient (Wildman–Crippen LogP) is 20.1. The fourth-order valence-corrected chi connectivity index (χ4v) is 10.3. The summed E-state index contributed by atoms with van der Waals surface area (Å²) in [5.41, 5.74) is 0. The van der Waals surface area contributed by atoms with Gasteiger partial charge in [-0.3, -0.25) is 14.2 Å². The third-order valence-electron chi connectivity index (χ3n) is 14.6. The number of ether oxygens (including phenoxy) is 2. The van der Waals surface area contributed by atoms with Crippen molar-refractivity contribution in [2.24, 2.45) is 0 Å². The Hall–Kier alpha value is -1.77. The standard InChI is InChI=1S/C66H126NO8P/c1-6-8-10-12-14-16-18-20-21-22-23-24-25-26-27-28-29-30-31-32-33-34-35-36-37-38-39-40-41-42-43-44-45-47-49-51-53-55-57-59-66(69)75-64(63-74-76(70,71)73-61-60-67(3,4)5)62-72-65(68)58-56-54-52-50-48-46-19-17-15-13-11-9-7-2/h17-20,22-23,64H,6-16,21,24-63H2,1-5H3/b19-17-,20-18-,23-22-. The third-order valence-corrected chi connectivity index (χ3v) is 15.6. The monoisotopic (exact) mass is 1090 g/mol. The molecule has 0 aromatic carbocycles. The summed E-state index contributed by atoms with van der Waals surface area (Å²) >= 11 is 0. The van der Waals surface area contributed by atoms with Gasteiger partial charge in [-0.25, -0.2) is 0 Å². The molecule has 0 aliphatic heterocycles. The second-order valence-electron chi connectivity index (χ2n) is 23.5. The van der Waals surface area contributed by atoms with Crippen molar-refractivity contribution in [2.75, 3.05) is 47.5 Å². The molecule has 10 heteroatoms. The molecule has 0 radical (unpaired) electrons. The molecule has 0 spiro atoms. The van der Waals surface area contributed by atoms with E-state index in [1.54, 1.807) is 0 Å². The van der Waals surface area contributed by atoms with Gasteiger partial charge in [0.15, 0.2) is 6.10 Å². The molecule has 2 atom stereocenters. The van der Waals surface area contributed by atoms with Crippen LogP contribution in [0.15, 0.2) is 36.5 Å². The highest BCUT2D eigenvalue weighted by Gasteiger charge is 2.22. The van der Waals surface area contributed by atoms with Crippen molar-refractivity contribution >= 4 is 19.8 Å². The molecular weight excluding hydrogens is 966 g/mol. The number of likely N-dealkylation sites (N-methyl/N-ethyl adjacent to an activating group) is 1. The Morgan fingerprint density at radius 3 is 1.07 bits per heavy atom. The Labute approximate surface area is 471 Å². The maximum atomic E-state index is 12.8. The molecule has 0 aromatic heterocycles. The Morgan fingerprint density at radius 1 is 0.408 bits per heavy atom. The lowest BCUT2D eigenvalue weighted by Crippen LogP contribution is -2.37. The first-order valence-electron chi connectivity index (χ1n) is 32.7. The molecule has 448 valence electrons. The van der Waals surface area contributed by atoms with Crippen LogP contribution in [-0.2, 0) is 32.7 Å². The van der Waals surface area contributed by atoms with Crippen LogP contribution in [0.2, 0.25) is 0 Å². The minimum absolute atomic E-state index is 0.0297. The quantitative estimate of drug-likeness (QED) is 0.0195. The van der Waals surface area contributed by atoms with E-state index in [0.29, 0.717) is 17.4 Å². The molecule has 0 saturated carbocycles. The van der Waals surface area contributed by atoms with Gasteiger partial charge in [0.05, 0.1) is 27.7 Å². The van der Waals surface area contributed by atoms with E-state index < -0.39 is 26.5 Å². The number of quaternary nitrogens is 1. The van der Waals surface area contributed by atoms with E-state index >= 15 is 0 Å². The number of phosphoric acid groups is 1. The second-order valence-corrected chi connectivity index (χ2v) is 24.9. The fourth-order valence-electron chi connectivity index (χ4n) is 9.57. The molecule has 0 saturated heterocycles. The maximum absolute atomic E-state index is 12.8. The van der Waals surface area contributed by atoms with E-state index in [0.717, 1.165) is 57.8 Å². The number of esters is 2. The fraction of sp³-hybridized carbons (Fsp3) is 0.879. The Morgan fingerprint density at radius 2 is 0.711 bits per heavy atom. The number of carbonyl (C=O) groups is 2. The first-order chi connectivity index (χ1) is 37.0. The molecule has 0 amide bonds. The third kappa shape index (κ3) is 61.4. The first kappa shape index (κ1) is 74.2. The van der Waals surface area contributed by atoms with Crippen molar-refractivity contribution in [3.63, 3.8) is 0 Å². The molecule has 0 aromatic rings. The Kier molecular flexibility index (Phi) is 56.6. The zero-order chi connectivity index (χ0) is 55.6. The molecule has 0 aliphatic carbocycles. The lowest BCUT2D eigenvalue weighted by Gasteiger charge is -2.28. The highest BCUT2D eigenvalue weighted by atomic mass is 31.2. The van der Waals surface area contributed by atoms with Gasteiger partial charge in [0.25, 0.3) is 7.82 Å². The summed E-state index contributed by atoms with van der Waals surface area (Å²) in [7, 11) is 1.18. The number of carbonyl (C=O) groups excluding carboxylic acids is 2. The van der Waals surface area contributed by atoms with Crippen LogP contribution in [0.4, 0.5) is 0 Å². The molecular formula is C66H126NO8P. The number of phosphoric ester groups is 1. The van der Waals surface area contributed by atoms with Crippen LogP contribution < -0.4 is 4.89 Å². The van der Waals surface area contributed by atoms with Crippen molar-refractivity contribution in [2.45, 2.75) is 328 Å².